The van der Waals surface area contributed by atoms with E-state index in [9.17, 15) is 5.21 Å². The second-order valence-electron chi connectivity index (χ2n) is 4.42. The highest BCUT2D eigenvalue weighted by Crippen LogP contribution is 2.22. The van der Waals surface area contributed by atoms with Crippen molar-refractivity contribution < 1.29 is 9.47 Å². The van der Waals surface area contributed by atoms with Crippen molar-refractivity contribution in [3.63, 3.8) is 0 Å². The molecule has 0 aliphatic heterocycles. The largest absolute Gasteiger partial charge is 0.619 e. The third-order valence-corrected chi connectivity index (χ3v) is 3.37. The molecule has 0 spiro atoms. The number of rotatable bonds is 3. The highest BCUT2D eigenvalue weighted by molar-refractivity contribution is 6.34. The minimum absolute atomic E-state index is 0.392. The van der Waals surface area contributed by atoms with Crippen LogP contribution >= 0.6 is 11.6 Å². The van der Waals surface area contributed by atoms with E-state index in [4.69, 9.17) is 16.3 Å². The lowest BCUT2D eigenvalue weighted by molar-refractivity contribution is -0.603. The minimum atomic E-state index is 0.392. The molecule has 2 aromatic heterocycles. The number of pyridine rings is 1. The molecule has 102 valence electrons. The van der Waals surface area contributed by atoms with E-state index in [-0.39, 0.29) is 0 Å². The van der Waals surface area contributed by atoms with Crippen LogP contribution in [-0.4, -0.2) is 16.9 Å². The summed E-state index contributed by atoms with van der Waals surface area (Å²) >= 11 is 6.12. The molecule has 0 N–H and O–H groups in total. The van der Waals surface area contributed by atoms with Crippen LogP contribution in [-0.2, 0) is 6.54 Å². The van der Waals surface area contributed by atoms with Crippen molar-refractivity contribution in [3.8, 4) is 5.75 Å². The van der Waals surface area contributed by atoms with Crippen LogP contribution in [0.1, 0.15) is 5.56 Å². The summed E-state index contributed by atoms with van der Waals surface area (Å²) in [7, 11) is 1.63. The zero-order chi connectivity index (χ0) is 14.1. The normalized spacial score (nSPS) is 10.9. The summed E-state index contributed by atoms with van der Waals surface area (Å²) in [6.07, 6.45) is 4.42. The SMILES string of the molecule is COc1ccc(Cn2ncc3c[n+]([O-])cc(Cl)c32)cc1. The fourth-order valence-electron chi connectivity index (χ4n) is 2.13. The Bertz CT molecular complexity index is 753. The zero-order valence-corrected chi connectivity index (χ0v) is 11.5. The molecule has 3 rings (SSSR count). The molecule has 0 unspecified atom stereocenters. The van der Waals surface area contributed by atoms with Crippen LogP contribution in [0.15, 0.2) is 42.9 Å². The first-order valence-electron chi connectivity index (χ1n) is 6.04. The summed E-state index contributed by atoms with van der Waals surface area (Å²) in [5.41, 5.74) is 1.83. The number of methoxy groups -OCH3 is 1. The van der Waals surface area contributed by atoms with Crippen LogP contribution in [0, 0.1) is 5.21 Å². The maximum atomic E-state index is 11.3. The van der Waals surface area contributed by atoms with E-state index in [0.29, 0.717) is 16.3 Å². The summed E-state index contributed by atoms with van der Waals surface area (Å²) in [6, 6.07) is 7.73. The van der Waals surface area contributed by atoms with Gasteiger partial charge in [-0.3, -0.25) is 4.68 Å². The van der Waals surface area contributed by atoms with Gasteiger partial charge in [0.1, 0.15) is 10.8 Å². The van der Waals surface area contributed by atoms with Gasteiger partial charge < -0.3 is 9.94 Å². The Hall–Kier alpha value is -2.27. The van der Waals surface area contributed by atoms with E-state index < -0.39 is 0 Å². The Morgan fingerprint density at radius 3 is 2.75 bits per heavy atom. The number of ether oxygens (including phenoxy) is 1. The van der Waals surface area contributed by atoms with Gasteiger partial charge in [-0.15, -0.1) is 0 Å². The lowest BCUT2D eigenvalue weighted by Gasteiger charge is -2.06. The van der Waals surface area contributed by atoms with Crippen molar-refractivity contribution in [2.75, 3.05) is 7.11 Å². The quantitative estimate of drug-likeness (QED) is 0.549. The molecule has 0 atom stereocenters. The number of nitrogens with zero attached hydrogens (tertiary/aromatic N) is 3. The molecule has 0 amide bonds. The Labute approximate surface area is 120 Å². The molecule has 20 heavy (non-hydrogen) atoms. The van der Waals surface area contributed by atoms with Gasteiger partial charge in [0.2, 0.25) is 6.20 Å². The zero-order valence-electron chi connectivity index (χ0n) is 10.8. The molecule has 0 bridgehead atoms. The van der Waals surface area contributed by atoms with Crippen molar-refractivity contribution in [2.45, 2.75) is 6.54 Å². The van der Waals surface area contributed by atoms with Crippen molar-refractivity contribution in [2.24, 2.45) is 0 Å². The average Bonchev–Trinajstić information content (AvgIpc) is 2.82. The van der Waals surface area contributed by atoms with Crippen molar-refractivity contribution in [1.29, 1.82) is 0 Å². The van der Waals surface area contributed by atoms with E-state index in [1.54, 1.807) is 18.0 Å². The van der Waals surface area contributed by atoms with Crippen LogP contribution < -0.4 is 9.47 Å². The van der Waals surface area contributed by atoms with E-state index in [0.717, 1.165) is 22.2 Å². The number of fused-ring (bicyclic) bond motifs is 1. The van der Waals surface area contributed by atoms with E-state index in [1.807, 2.05) is 24.3 Å². The average molecular weight is 290 g/mol. The van der Waals surface area contributed by atoms with Crippen LogP contribution in [0.25, 0.3) is 10.9 Å². The van der Waals surface area contributed by atoms with Crippen LogP contribution in [0.2, 0.25) is 5.02 Å². The lowest BCUT2D eigenvalue weighted by Crippen LogP contribution is -2.24. The van der Waals surface area contributed by atoms with Gasteiger partial charge in [-0.2, -0.15) is 9.83 Å². The molecule has 0 saturated carbocycles. The van der Waals surface area contributed by atoms with Crippen LogP contribution in [0.3, 0.4) is 0 Å². The number of aromatic nitrogens is 3. The van der Waals surface area contributed by atoms with Gasteiger partial charge in [0.15, 0.2) is 6.20 Å². The molecule has 2 heterocycles. The first kappa shape index (κ1) is 12.7. The maximum absolute atomic E-state index is 11.3. The molecule has 0 saturated heterocycles. The molecular weight excluding hydrogens is 278 g/mol. The molecule has 0 fully saturated rings. The smallest absolute Gasteiger partial charge is 0.201 e. The number of benzene rings is 1. The second-order valence-corrected chi connectivity index (χ2v) is 4.83. The fraction of sp³-hybridized carbons (Fsp3) is 0.143. The van der Waals surface area contributed by atoms with Gasteiger partial charge in [0, 0.05) is 0 Å². The summed E-state index contributed by atoms with van der Waals surface area (Å²) in [5.74, 6) is 0.810. The first-order chi connectivity index (χ1) is 9.67. The Kier molecular flexibility index (Phi) is 3.20. The fourth-order valence-corrected chi connectivity index (χ4v) is 2.43. The standard InChI is InChI=1S/C14H12ClN3O2/c1-20-12-4-2-10(3-5-12)7-18-14-11(6-16-18)8-17(19)9-13(14)15/h2-6,8-9H,7H2,1H3. The molecule has 1 aromatic carbocycles. The van der Waals surface area contributed by atoms with Gasteiger partial charge in [-0.25, -0.2) is 0 Å². The Morgan fingerprint density at radius 2 is 2.05 bits per heavy atom. The number of hydrogen-bond acceptors (Lipinski definition) is 3. The van der Waals surface area contributed by atoms with Gasteiger partial charge in [0.05, 0.1) is 30.8 Å². The monoisotopic (exact) mass is 289 g/mol. The summed E-state index contributed by atoms with van der Waals surface area (Å²) in [5, 5.41) is 16.7. The summed E-state index contributed by atoms with van der Waals surface area (Å²) in [6.45, 7) is 0.579. The Balaban J connectivity index is 1.98. The lowest BCUT2D eigenvalue weighted by atomic mass is 10.2. The van der Waals surface area contributed by atoms with Gasteiger partial charge in [-0.1, -0.05) is 23.7 Å². The highest BCUT2D eigenvalue weighted by Gasteiger charge is 2.11. The van der Waals surface area contributed by atoms with E-state index in [2.05, 4.69) is 5.10 Å². The van der Waals surface area contributed by atoms with Crippen molar-refractivity contribution in [3.05, 3.63) is 58.6 Å². The van der Waals surface area contributed by atoms with E-state index >= 15 is 0 Å². The molecule has 0 radical (unpaired) electrons. The van der Waals surface area contributed by atoms with Gasteiger partial charge >= 0.3 is 0 Å². The minimum Gasteiger partial charge on any atom is -0.619 e. The second kappa shape index (κ2) is 5.02. The maximum Gasteiger partial charge on any atom is 0.201 e. The third-order valence-electron chi connectivity index (χ3n) is 3.09. The third kappa shape index (κ3) is 2.28. The van der Waals surface area contributed by atoms with Crippen LogP contribution in [0.4, 0.5) is 0 Å². The van der Waals surface area contributed by atoms with Crippen LogP contribution in [0.5, 0.6) is 5.75 Å². The number of halogens is 1. The first-order valence-corrected chi connectivity index (χ1v) is 6.42. The predicted molar refractivity (Wildman–Crippen MR) is 75.8 cm³/mol. The highest BCUT2D eigenvalue weighted by atomic mass is 35.5. The molecule has 0 aliphatic rings. The number of hydrogen-bond donors (Lipinski definition) is 0. The van der Waals surface area contributed by atoms with Gasteiger partial charge in [-0.05, 0) is 17.7 Å². The molecule has 6 heteroatoms. The predicted octanol–water partition coefficient (Wildman–Crippen LogP) is 2.38. The van der Waals surface area contributed by atoms with Crippen molar-refractivity contribution in [1.82, 2.24) is 9.78 Å². The molecule has 3 aromatic rings. The summed E-state index contributed by atoms with van der Waals surface area (Å²) < 4.78 is 7.59. The molecule has 5 nitrogen and oxygen atoms in total. The molecular formula is C14H12ClN3O2. The molecule has 0 aliphatic carbocycles. The van der Waals surface area contributed by atoms with Crippen molar-refractivity contribution >= 4 is 22.5 Å². The van der Waals surface area contributed by atoms with Gasteiger partial charge in [0.25, 0.3) is 0 Å². The Morgan fingerprint density at radius 1 is 1.30 bits per heavy atom. The topological polar surface area (TPSA) is 54.0 Å². The van der Waals surface area contributed by atoms with E-state index in [1.165, 1.54) is 12.4 Å². The summed E-state index contributed by atoms with van der Waals surface area (Å²) in [4.78, 5) is 0.